The van der Waals surface area contributed by atoms with Crippen LogP contribution in [0, 0.1) is 0 Å². The Labute approximate surface area is 157 Å². The number of benzene rings is 1. The van der Waals surface area contributed by atoms with E-state index in [1.807, 2.05) is 17.4 Å². The second-order valence-corrected chi connectivity index (χ2v) is 8.27. The van der Waals surface area contributed by atoms with Crippen molar-refractivity contribution in [2.75, 3.05) is 18.0 Å². The van der Waals surface area contributed by atoms with Gasteiger partial charge >= 0.3 is 5.13 Å². The maximum atomic E-state index is 3.93. The lowest BCUT2D eigenvalue weighted by atomic mass is 10.0. The number of hydrogen-bond donors (Lipinski definition) is 0. The molecule has 0 fully saturated rings. The number of aromatic nitrogens is 1. The summed E-state index contributed by atoms with van der Waals surface area (Å²) in [5.74, 6) is 0. The molecule has 1 aromatic carbocycles. The van der Waals surface area contributed by atoms with Crippen molar-refractivity contribution >= 4 is 26.7 Å². The van der Waals surface area contributed by atoms with Gasteiger partial charge in [-0.1, -0.05) is 70.2 Å². The van der Waals surface area contributed by atoms with Gasteiger partial charge in [0.15, 0.2) is 0 Å². The molecule has 0 N–H and O–H groups in total. The third-order valence-electron chi connectivity index (χ3n) is 5.26. The first kappa shape index (κ1) is 18.4. The highest BCUT2D eigenvalue weighted by Gasteiger charge is 2.29. The summed E-state index contributed by atoms with van der Waals surface area (Å²) in [6, 6.07) is 6.90. The molecule has 25 heavy (non-hydrogen) atoms. The Hall–Kier alpha value is -1.35. The van der Waals surface area contributed by atoms with Crippen LogP contribution in [0.1, 0.15) is 63.9 Å². The SMILES string of the molecule is C=CCN1CCC[n+]2c1sc1cccc(CCCCCCCCC)c12. The summed E-state index contributed by atoms with van der Waals surface area (Å²) in [5.41, 5.74) is 3.05. The number of fused-ring (bicyclic) bond motifs is 3. The molecule has 0 atom stereocenters. The van der Waals surface area contributed by atoms with Gasteiger partial charge in [-0.05, 0) is 30.2 Å². The molecule has 136 valence electrons. The number of unbranched alkanes of at least 4 members (excludes halogenated alkanes) is 6. The van der Waals surface area contributed by atoms with Crippen LogP contribution in [0.4, 0.5) is 5.13 Å². The second-order valence-electron chi connectivity index (χ2n) is 7.26. The Kier molecular flexibility index (Phi) is 6.92. The summed E-state index contributed by atoms with van der Waals surface area (Å²) in [4.78, 5) is 2.48. The van der Waals surface area contributed by atoms with E-state index in [0.717, 1.165) is 19.6 Å². The van der Waals surface area contributed by atoms with Crippen molar-refractivity contribution in [3.05, 3.63) is 36.4 Å². The van der Waals surface area contributed by atoms with Crippen molar-refractivity contribution in [2.24, 2.45) is 0 Å². The molecule has 0 spiro atoms. The third kappa shape index (κ3) is 4.44. The summed E-state index contributed by atoms with van der Waals surface area (Å²) in [6.07, 6.45) is 14.2. The zero-order valence-corrected chi connectivity index (χ0v) is 16.6. The lowest BCUT2D eigenvalue weighted by Crippen LogP contribution is -2.46. The normalized spacial score (nSPS) is 14.0. The molecule has 2 aromatic rings. The maximum absolute atomic E-state index is 3.93. The van der Waals surface area contributed by atoms with E-state index in [0.29, 0.717) is 0 Å². The zero-order valence-electron chi connectivity index (χ0n) is 15.8. The van der Waals surface area contributed by atoms with Crippen molar-refractivity contribution in [1.82, 2.24) is 0 Å². The Balaban J connectivity index is 1.68. The highest BCUT2D eigenvalue weighted by molar-refractivity contribution is 7.21. The molecule has 1 aromatic heterocycles. The minimum absolute atomic E-state index is 0.958. The molecule has 2 heterocycles. The van der Waals surface area contributed by atoms with Crippen molar-refractivity contribution < 1.29 is 4.57 Å². The molecule has 0 saturated carbocycles. The Morgan fingerprint density at radius 2 is 1.96 bits per heavy atom. The molecular formula is C22H33N2S+. The highest BCUT2D eigenvalue weighted by atomic mass is 32.1. The van der Waals surface area contributed by atoms with E-state index < -0.39 is 0 Å². The van der Waals surface area contributed by atoms with E-state index in [1.165, 1.54) is 73.1 Å². The summed E-state index contributed by atoms with van der Waals surface area (Å²) in [7, 11) is 0. The molecule has 0 radical (unpaired) electrons. The summed E-state index contributed by atoms with van der Waals surface area (Å²) in [5, 5.41) is 1.42. The zero-order chi connectivity index (χ0) is 17.5. The smallest absolute Gasteiger partial charge is 0.249 e. The molecule has 1 aliphatic rings. The molecule has 0 bridgehead atoms. The fourth-order valence-electron chi connectivity index (χ4n) is 3.96. The summed E-state index contributed by atoms with van der Waals surface area (Å²) in [6.45, 7) is 9.50. The predicted octanol–water partition coefficient (Wildman–Crippen LogP) is 5.88. The van der Waals surface area contributed by atoms with Gasteiger partial charge in [-0.15, -0.1) is 0 Å². The van der Waals surface area contributed by atoms with Crippen LogP contribution in [-0.2, 0) is 13.0 Å². The number of anilines is 1. The van der Waals surface area contributed by atoms with Crippen molar-refractivity contribution in [3.63, 3.8) is 0 Å². The number of aryl methyl sites for hydroxylation is 2. The molecular weight excluding hydrogens is 324 g/mol. The van der Waals surface area contributed by atoms with E-state index in [9.17, 15) is 0 Å². The minimum atomic E-state index is 0.958. The number of para-hydroxylation sites is 1. The van der Waals surface area contributed by atoms with Crippen LogP contribution < -0.4 is 9.47 Å². The molecule has 3 rings (SSSR count). The highest BCUT2D eigenvalue weighted by Crippen LogP contribution is 2.31. The third-order valence-corrected chi connectivity index (χ3v) is 6.47. The number of hydrogen-bond acceptors (Lipinski definition) is 2. The van der Waals surface area contributed by atoms with Crippen LogP contribution in [-0.4, -0.2) is 13.1 Å². The van der Waals surface area contributed by atoms with Gasteiger partial charge in [-0.2, -0.15) is 0 Å². The average Bonchev–Trinajstić information content (AvgIpc) is 3.02. The van der Waals surface area contributed by atoms with E-state index in [-0.39, 0.29) is 0 Å². The second kappa shape index (κ2) is 9.38. The number of thiazole rings is 1. The van der Waals surface area contributed by atoms with Gasteiger partial charge in [0.25, 0.3) is 0 Å². The standard InChI is InChI=1S/C22H33N2S/c1-3-5-6-7-8-9-10-13-19-14-11-15-20-21(19)24-18-12-17-23(16-4-2)22(24)25-20/h4,11,14-15H,2-3,5-10,12-13,16-18H2,1H3/q+1. The molecule has 3 heteroatoms. The van der Waals surface area contributed by atoms with E-state index >= 15 is 0 Å². The summed E-state index contributed by atoms with van der Waals surface area (Å²) >= 11 is 1.96. The lowest BCUT2D eigenvalue weighted by molar-refractivity contribution is -0.659. The van der Waals surface area contributed by atoms with Gasteiger partial charge in [-0.3, -0.25) is 0 Å². The minimum Gasteiger partial charge on any atom is -0.249 e. The van der Waals surface area contributed by atoms with E-state index in [4.69, 9.17) is 0 Å². The van der Waals surface area contributed by atoms with Gasteiger partial charge in [0, 0.05) is 12.0 Å². The van der Waals surface area contributed by atoms with E-state index in [2.05, 4.69) is 41.2 Å². The monoisotopic (exact) mass is 357 g/mol. The number of nitrogens with zero attached hydrogens (tertiary/aromatic N) is 2. The average molecular weight is 358 g/mol. The fourth-order valence-corrected chi connectivity index (χ4v) is 5.23. The van der Waals surface area contributed by atoms with Crippen LogP contribution in [0.2, 0.25) is 0 Å². The molecule has 0 unspecified atom stereocenters. The maximum Gasteiger partial charge on any atom is 0.337 e. The molecule has 0 aliphatic carbocycles. The summed E-state index contributed by atoms with van der Waals surface area (Å²) < 4.78 is 4.02. The van der Waals surface area contributed by atoms with Gasteiger partial charge in [0.05, 0.1) is 17.8 Å². The molecule has 0 amide bonds. The van der Waals surface area contributed by atoms with Crippen LogP contribution in [0.3, 0.4) is 0 Å². The van der Waals surface area contributed by atoms with Crippen LogP contribution >= 0.6 is 11.3 Å². The van der Waals surface area contributed by atoms with Crippen molar-refractivity contribution in [3.8, 4) is 0 Å². The largest absolute Gasteiger partial charge is 0.337 e. The topological polar surface area (TPSA) is 7.12 Å². The van der Waals surface area contributed by atoms with E-state index in [1.54, 1.807) is 5.56 Å². The Morgan fingerprint density at radius 1 is 1.16 bits per heavy atom. The molecule has 0 saturated heterocycles. The Morgan fingerprint density at radius 3 is 2.76 bits per heavy atom. The van der Waals surface area contributed by atoms with Gasteiger partial charge < -0.3 is 0 Å². The van der Waals surface area contributed by atoms with Crippen molar-refractivity contribution in [1.29, 1.82) is 0 Å². The van der Waals surface area contributed by atoms with Gasteiger partial charge in [0.2, 0.25) is 0 Å². The number of rotatable bonds is 10. The Bertz CT molecular complexity index is 689. The lowest BCUT2D eigenvalue weighted by Gasteiger charge is -2.20. The molecule has 1 aliphatic heterocycles. The van der Waals surface area contributed by atoms with Crippen LogP contribution in [0.15, 0.2) is 30.9 Å². The quantitative estimate of drug-likeness (QED) is 0.293. The van der Waals surface area contributed by atoms with Crippen molar-refractivity contribution in [2.45, 2.75) is 71.3 Å². The first-order valence-corrected chi connectivity index (χ1v) is 11.0. The predicted molar refractivity (Wildman–Crippen MR) is 111 cm³/mol. The van der Waals surface area contributed by atoms with Crippen LogP contribution in [0.5, 0.6) is 0 Å². The van der Waals surface area contributed by atoms with Crippen LogP contribution in [0.25, 0.3) is 10.2 Å². The van der Waals surface area contributed by atoms with Gasteiger partial charge in [0.1, 0.15) is 12.1 Å². The first-order valence-electron chi connectivity index (χ1n) is 10.1. The first-order chi connectivity index (χ1) is 12.3. The fraction of sp³-hybridized carbons (Fsp3) is 0.591. The molecule has 2 nitrogen and oxygen atoms in total. The van der Waals surface area contributed by atoms with Gasteiger partial charge in [-0.25, -0.2) is 9.47 Å².